The summed E-state index contributed by atoms with van der Waals surface area (Å²) in [6.45, 7) is 5.57. The molecule has 1 N–H and O–H groups in total. The molecule has 3 rings (SSSR count). The molecule has 21 heavy (non-hydrogen) atoms. The van der Waals surface area contributed by atoms with Crippen LogP contribution in [-0.4, -0.2) is 60.1 Å². The zero-order valence-corrected chi connectivity index (χ0v) is 13.3. The van der Waals surface area contributed by atoms with Gasteiger partial charge in [0.25, 0.3) is 0 Å². The Labute approximate surface area is 131 Å². The molecule has 3 heterocycles. The number of anilines is 1. The Morgan fingerprint density at radius 3 is 2.76 bits per heavy atom. The lowest BCUT2D eigenvalue weighted by molar-refractivity contribution is -0.384. The Morgan fingerprint density at radius 2 is 2.14 bits per heavy atom. The van der Waals surface area contributed by atoms with Crippen molar-refractivity contribution in [1.82, 2.24) is 15.2 Å². The molecule has 0 amide bonds. The van der Waals surface area contributed by atoms with E-state index in [1.807, 2.05) is 4.90 Å². The summed E-state index contributed by atoms with van der Waals surface area (Å²) in [5.74, 6) is 0.479. The minimum Gasteiger partial charge on any atom is -0.348 e. The van der Waals surface area contributed by atoms with Gasteiger partial charge in [0.2, 0.25) is 5.82 Å². The fourth-order valence-corrected chi connectivity index (χ4v) is 3.37. The highest BCUT2D eigenvalue weighted by Gasteiger charge is 2.29. The minimum atomic E-state index is -0.361. The topological polar surface area (TPSA) is 74.5 Å². The second-order valence-electron chi connectivity index (χ2n) is 5.42. The van der Waals surface area contributed by atoms with Crippen LogP contribution in [0.2, 0.25) is 0 Å². The second kappa shape index (κ2) is 6.25. The van der Waals surface area contributed by atoms with Crippen LogP contribution in [0.1, 0.15) is 6.42 Å². The molecule has 0 bridgehead atoms. The molecule has 0 aliphatic carbocycles. The van der Waals surface area contributed by atoms with Crippen molar-refractivity contribution in [2.45, 2.75) is 12.5 Å². The predicted molar refractivity (Wildman–Crippen MR) is 83.7 cm³/mol. The first-order chi connectivity index (χ1) is 10.1. The van der Waals surface area contributed by atoms with Gasteiger partial charge in [-0.05, 0) is 28.9 Å². The Balaban J connectivity index is 1.70. The van der Waals surface area contributed by atoms with E-state index in [0.717, 1.165) is 39.3 Å². The Kier molecular flexibility index (Phi) is 4.37. The summed E-state index contributed by atoms with van der Waals surface area (Å²) < 4.78 is 0.633. The third-order valence-electron chi connectivity index (χ3n) is 4.18. The van der Waals surface area contributed by atoms with Crippen molar-refractivity contribution in [1.29, 1.82) is 0 Å². The van der Waals surface area contributed by atoms with E-state index in [0.29, 0.717) is 16.3 Å². The van der Waals surface area contributed by atoms with Gasteiger partial charge in [-0.2, -0.15) is 0 Å². The van der Waals surface area contributed by atoms with Crippen LogP contribution in [0.5, 0.6) is 0 Å². The Hall–Kier alpha value is -1.25. The van der Waals surface area contributed by atoms with Crippen LogP contribution < -0.4 is 10.2 Å². The molecule has 1 aromatic heterocycles. The fourth-order valence-electron chi connectivity index (χ4n) is 3.05. The van der Waals surface area contributed by atoms with Crippen LogP contribution in [0, 0.1) is 10.1 Å². The van der Waals surface area contributed by atoms with Crippen LogP contribution in [0.3, 0.4) is 0 Å². The molecule has 0 radical (unpaired) electrons. The number of hydrogen-bond acceptors (Lipinski definition) is 6. The first kappa shape index (κ1) is 14.7. The Bertz CT molecular complexity index is 527. The summed E-state index contributed by atoms with van der Waals surface area (Å²) in [5, 5.41) is 14.6. The molecule has 2 saturated heterocycles. The summed E-state index contributed by atoms with van der Waals surface area (Å²) in [6, 6.07) is 2.13. The Morgan fingerprint density at radius 1 is 1.38 bits per heavy atom. The third kappa shape index (κ3) is 3.17. The largest absolute Gasteiger partial charge is 0.348 e. The molecular formula is C13H18BrN5O2. The van der Waals surface area contributed by atoms with E-state index in [1.165, 1.54) is 12.5 Å². The number of aromatic nitrogens is 1. The van der Waals surface area contributed by atoms with Crippen molar-refractivity contribution in [3.63, 3.8) is 0 Å². The van der Waals surface area contributed by atoms with Crippen molar-refractivity contribution < 1.29 is 4.92 Å². The fraction of sp³-hybridized carbons (Fsp3) is 0.615. The monoisotopic (exact) mass is 355 g/mol. The van der Waals surface area contributed by atoms with Crippen molar-refractivity contribution in [2.75, 3.05) is 44.2 Å². The molecule has 1 unspecified atom stereocenters. The molecule has 8 heteroatoms. The lowest BCUT2D eigenvalue weighted by Crippen LogP contribution is -2.51. The van der Waals surface area contributed by atoms with Gasteiger partial charge in [-0.3, -0.25) is 15.0 Å². The molecule has 2 aliphatic heterocycles. The average Bonchev–Trinajstić information content (AvgIpc) is 3.01. The van der Waals surface area contributed by atoms with Gasteiger partial charge in [0.05, 0.1) is 4.92 Å². The van der Waals surface area contributed by atoms with Gasteiger partial charge in [-0.25, -0.2) is 4.98 Å². The normalized spacial score (nSPS) is 23.5. The minimum absolute atomic E-state index is 0.0698. The summed E-state index contributed by atoms with van der Waals surface area (Å²) in [5.41, 5.74) is 0.0698. The van der Waals surface area contributed by atoms with Gasteiger partial charge in [-0.15, -0.1) is 0 Å². The highest BCUT2D eigenvalue weighted by atomic mass is 79.9. The van der Waals surface area contributed by atoms with Gasteiger partial charge in [-0.1, -0.05) is 0 Å². The van der Waals surface area contributed by atoms with E-state index in [1.54, 1.807) is 6.20 Å². The van der Waals surface area contributed by atoms with E-state index >= 15 is 0 Å². The number of rotatable bonds is 3. The highest BCUT2D eigenvalue weighted by molar-refractivity contribution is 9.10. The first-order valence-electron chi connectivity index (χ1n) is 7.15. The smallest absolute Gasteiger partial charge is 0.312 e. The van der Waals surface area contributed by atoms with Crippen LogP contribution >= 0.6 is 15.9 Å². The number of nitrogens with zero attached hydrogens (tertiary/aromatic N) is 4. The number of nitrogens with one attached hydrogen (secondary N) is 1. The second-order valence-corrected chi connectivity index (χ2v) is 6.34. The van der Waals surface area contributed by atoms with Crippen LogP contribution in [0.25, 0.3) is 0 Å². The summed E-state index contributed by atoms with van der Waals surface area (Å²) in [6.07, 6.45) is 2.81. The molecule has 0 spiro atoms. The van der Waals surface area contributed by atoms with E-state index in [4.69, 9.17) is 0 Å². The molecule has 7 nitrogen and oxygen atoms in total. The lowest BCUT2D eigenvalue weighted by atomic mass is 10.2. The maximum Gasteiger partial charge on any atom is 0.312 e. The predicted octanol–water partition coefficient (Wildman–Crippen LogP) is 1.24. The average molecular weight is 356 g/mol. The number of pyridine rings is 1. The lowest BCUT2D eigenvalue weighted by Gasteiger charge is -2.38. The molecular weight excluding hydrogens is 338 g/mol. The summed E-state index contributed by atoms with van der Waals surface area (Å²) in [7, 11) is 0. The van der Waals surface area contributed by atoms with Gasteiger partial charge < -0.3 is 10.2 Å². The van der Waals surface area contributed by atoms with Crippen molar-refractivity contribution in [3.8, 4) is 0 Å². The van der Waals surface area contributed by atoms with Crippen molar-refractivity contribution in [2.24, 2.45) is 0 Å². The van der Waals surface area contributed by atoms with Gasteiger partial charge in [0.15, 0.2) is 0 Å². The molecule has 1 aromatic rings. The molecule has 2 aliphatic rings. The number of halogens is 1. The van der Waals surface area contributed by atoms with Gasteiger partial charge in [0.1, 0.15) is 0 Å². The van der Waals surface area contributed by atoms with Gasteiger partial charge in [0, 0.05) is 55.5 Å². The zero-order chi connectivity index (χ0) is 14.8. The van der Waals surface area contributed by atoms with Crippen LogP contribution in [0.15, 0.2) is 16.7 Å². The molecule has 1 atom stereocenters. The van der Waals surface area contributed by atoms with Gasteiger partial charge >= 0.3 is 5.69 Å². The van der Waals surface area contributed by atoms with E-state index in [-0.39, 0.29) is 10.6 Å². The van der Waals surface area contributed by atoms with E-state index in [9.17, 15) is 10.1 Å². The van der Waals surface area contributed by atoms with Crippen LogP contribution in [-0.2, 0) is 0 Å². The maximum atomic E-state index is 11.2. The maximum absolute atomic E-state index is 11.2. The third-order valence-corrected chi connectivity index (χ3v) is 4.61. The molecule has 114 valence electrons. The molecule has 2 fully saturated rings. The highest BCUT2D eigenvalue weighted by Crippen LogP contribution is 2.29. The standard InChI is InChI=1S/C13H18BrN5O2/c14-10-7-12(19(20)21)13(16-8-10)18-5-3-17(4-6-18)11-1-2-15-9-11/h7-8,11,15H,1-6,9H2. The molecule has 0 aromatic carbocycles. The summed E-state index contributed by atoms with van der Waals surface area (Å²) >= 11 is 3.24. The van der Waals surface area contributed by atoms with Crippen molar-refractivity contribution in [3.05, 3.63) is 26.9 Å². The summed E-state index contributed by atoms with van der Waals surface area (Å²) in [4.78, 5) is 19.6. The number of piperazine rings is 1. The van der Waals surface area contributed by atoms with E-state index < -0.39 is 0 Å². The van der Waals surface area contributed by atoms with Crippen LogP contribution in [0.4, 0.5) is 11.5 Å². The van der Waals surface area contributed by atoms with E-state index in [2.05, 4.69) is 31.1 Å². The quantitative estimate of drug-likeness (QED) is 0.649. The SMILES string of the molecule is O=[N+]([O-])c1cc(Br)cnc1N1CCN(C2CCNC2)CC1. The first-order valence-corrected chi connectivity index (χ1v) is 7.94. The number of nitro groups is 1. The number of hydrogen-bond donors (Lipinski definition) is 1. The zero-order valence-electron chi connectivity index (χ0n) is 11.7. The molecule has 0 saturated carbocycles. The van der Waals surface area contributed by atoms with Crippen molar-refractivity contribution >= 4 is 27.4 Å².